The number of ether oxygens (including phenoxy) is 1. The molecular formula is C28H33NO4. The molecule has 1 saturated heterocycles. The lowest BCUT2D eigenvalue weighted by molar-refractivity contribution is -0.161. The van der Waals surface area contributed by atoms with Gasteiger partial charge < -0.3 is 10.1 Å². The van der Waals surface area contributed by atoms with Gasteiger partial charge in [-0.25, -0.2) is 0 Å². The number of allylic oxidation sites excluding steroid dienone is 4. The molecule has 4 rings (SSSR count). The molecular weight excluding hydrogens is 414 g/mol. The van der Waals surface area contributed by atoms with Crippen LogP contribution in [-0.2, 0) is 25.5 Å². The summed E-state index contributed by atoms with van der Waals surface area (Å²) in [6, 6.07) is 10.0. The van der Waals surface area contributed by atoms with Crippen molar-refractivity contribution in [2.75, 3.05) is 0 Å². The van der Waals surface area contributed by atoms with E-state index in [1.165, 1.54) is 6.92 Å². The number of ketones is 1. The lowest BCUT2D eigenvalue weighted by atomic mass is 9.52. The quantitative estimate of drug-likeness (QED) is 0.553. The van der Waals surface area contributed by atoms with Gasteiger partial charge in [0.1, 0.15) is 17.3 Å². The van der Waals surface area contributed by atoms with E-state index in [9.17, 15) is 14.4 Å². The highest BCUT2D eigenvalue weighted by atomic mass is 16.5. The van der Waals surface area contributed by atoms with E-state index in [1.807, 2.05) is 24.3 Å². The fourth-order valence-electron chi connectivity index (χ4n) is 6.14. The number of rotatable bonds is 3. The molecule has 0 bridgehead atoms. The third-order valence-electron chi connectivity index (χ3n) is 7.65. The van der Waals surface area contributed by atoms with E-state index in [2.05, 4.69) is 37.0 Å². The standard InChI is InChI=1S/C28H33NO4/c1-18-16-22-12-7-8-13-23(31)14-9-15-25(33-20(3)30)28(22)26(19(18)2)24(29-27(28)32)17-21-10-5-4-6-11-21/h4-7,9-12,15,19,22,24-26H,1,8,13-14,16-17H2,2-3H3,(H,29,32)/b12-7+,15-9+/t19-,22+,24?,25-,26?,28?/m1/s1. The van der Waals surface area contributed by atoms with E-state index in [0.29, 0.717) is 25.7 Å². The molecule has 1 spiro atoms. The Morgan fingerprint density at radius 1 is 1.18 bits per heavy atom. The predicted molar refractivity (Wildman–Crippen MR) is 127 cm³/mol. The summed E-state index contributed by atoms with van der Waals surface area (Å²) in [5.74, 6) is -0.588. The van der Waals surface area contributed by atoms with Gasteiger partial charge in [0.05, 0.1) is 0 Å². The van der Waals surface area contributed by atoms with Crippen LogP contribution in [0.5, 0.6) is 0 Å². The number of benzene rings is 1. The fourth-order valence-corrected chi connectivity index (χ4v) is 6.14. The first-order valence-corrected chi connectivity index (χ1v) is 11.9. The molecule has 33 heavy (non-hydrogen) atoms. The summed E-state index contributed by atoms with van der Waals surface area (Å²) in [4.78, 5) is 38.4. The molecule has 2 fully saturated rings. The fraction of sp³-hybridized carbons (Fsp3) is 0.464. The van der Waals surface area contributed by atoms with Crippen LogP contribution in [0.25, 0.3) is 0 Å². The van der Waals surface area contributed by atoms with Crippen LogP contribution in [0.3, 0.4) is 0 Å². The van der Waals surface area contributed by atoms with Gasteiger partial charge in [0.25, 0.3) is 0 Å². The minimum absolute atomic E-state index is 0.0699. The van der Waals surface area contributed by atoms with Gasteiger partial charge in [0.15, 0.2) is 0 Å². The Labute approximate surface area is 196 Å². The van der Waals surface area contributed by atoms with Gasteiger partial charge in [-0.3, -0.25) is 14.4 Å². The number of carbonyl (C=O) groups excluding carboxylic acids is 3. The summed E-state index contributed by atoms with van der Waals surface area (Å²) in [6.07, 6.45) is 9.60. The number of nitrogens with one attached hydrogen (secondary N) is 1. The van der Waals surface area contributed by atoms with Crippen LogP contribution in [0.15, 0.2) is 66.8 Å². The van der Waals surface area contributed by atoms with E-state index in [4.69, 9.17) is 4.74 Å². The van der Waals surface area contributed by atoms with E-state index >= 15 is 0 Å². The summed E-state index contributed by atoms with van der Waals surface area (Å²) in [5, 5.41) is 3.29. The van der Waals surface area contributed by atoms with Crippen LogP contribution in [-0.4, -0.2) is 29.8 Å². The molecule has 0 aromatic heterocycles. The molecule has 1 amide bonds. The van der Waals surface area contributed by atoms with E-state index < -0.39 is 17.5 Å². The van der Waals surface area contributed by atoms with Gasteiger partial charge in [-0.15, -0.1) is 0 Å². The molecule has 174 valence electrons. The number of carbonyl (C=O) groups is 3. The zero-order valence-corrected chi connectivity index (χ0v) is 19.5. The molecule has 5 heteroatoms. The largest absolute Gasteiger partial charge is 0.457 e. The van der Waals surface area contributed by atoms with E-state index in [0.717, 1.165) is 11.1 Å². The number of hydrogen-bond acceptors (Lipinski definition) is 4. The van der Waals surface area contributed by atoms with Gasteiger partial charge in [-0.2, -0.15) is 0 Å². The summed E-state index contributed by atoms with van der Waals surface area (Å²) in [6.45, 7) is 7.88. The van der Waals surface area contributed by atoms with Crippen molar-refractivity contribution in [2.24, 2.45) is 23.2 Å². The van der Waals surface area contributed by atoms with Crippen molar-refractivity contribution >= 4 is 17.7 Å². The average molecular weight is 448 g/mol. The molecule has 0 radical (unpaired) electrons. The van der Waals surface area contributed by atoms with Gasteiger partial charge in [0, 0.05) is 31.7 Å². The predicted octanol–water partition coefficient (Wildman–Crippen LogP) is 4.34. The molecule has 1 N–H and O–H groups in total. The summed E-state index contributed by atoms with van der Waals surface area (Å²) in [7, 11) is 0. The molecule has 1 heterocycles. The van der Waals surface area contributed by atoms with E-state index in [-0.39, 0.29) is 41.9 Å². The van der Waals surface area contributed by atoms with Crippen molar-refractivity contribution in [1.29, 1.82) is 0 Å². The van der Waals surface area contributed by atoms with Gasteiger partial charge >= 0.3 is 5.97 Å². The highest BCUT2D eigenvalue weighted by Crippen LogP contribution is 2.58. The first-order chi connectivity index (χ1) is 15.8. The van der Waals surface area contributed by atoms with E-state index in [1.54, 1.807) is 12.2 Å². The molecule has 1 aromatic rings. The van der Waals surface area contributed by atoms with Crippen LogP contribution in [0.4, 0.5) is 0 Å². The number of Topliss-reactive ketones (excluding diaryl/α,β-unsaturated/α-hetero) is 1. The van der Waals surface area contributed by atoms with Crippen molar-refractivity contribution < 1.29 is 19.1 Å². The highest BCUT2D eigenvalue weighted by Gasteiger charge is 2.66. The number of amides is 1. The third-order valence-corrected chi connectivity index (χ3v) is 7.65. The monoisotopic (exact) mass is 447 g/mol. The Bertz CT molecular complexity index is 994. The highest BCUT2D eigenvalue weighted by molar-refractivity contribution is 5.89. The Morgan fingerprint density at radius 2 is 1.94 bits per heavy atom. The van der Waals surface area contributed by atoms with Crippen LogP contribution in [0.2, 0.25) is 0 Å². The normalized spacial score (nSPS) is 36.1. The second kappa shape index (κ2) is 9.50. The van der Waals surface area contributed by atoms with Gasteiger partial charge in [-0.1, -0.05) is 67.6 Å². The maximum absolute atomic E-state index is 14.0. The van der Waals surface area contributed by atoms with Crippen molar-refractivity contribution in [2.45, 2.75) is 58.1 Å². The van der Waals surface area contributed by atoms with Gasteiger partial charge in [-0.05, 0) is 42.7 Å². The van der Waals surface area contributed by atoms with Crippen LogP contribution in [0.1, 0.15) is 45.1 Å². The molecule has 3 aliphatic rings. The molecule has 1 aliphatic heterocycles. The maximum atomic E-state index is 14.0. The first-order valence-electron chi connectivity index (χ1n) is 11.9. The Hall–Kier alpha value is -2.95. The smallest absolute Gasteiger partial charge is 0.303 e. The number of esters is 1. The minimum Gasteiger partial charge on any atom is -0.457 e. The first kappa shape index (κ1) is 23.2. The lowest BCUT2D eigenvalue weighted by Crippen LogP contribution is -2.56. The zero-order valence-electron chi connectivity index (χ0n) is 19.5. The van der Waals surface area contributed by atoms with Crippen molar-refractivity contribution in [3.8, 4) is 0 Å². The summed E-state index contributed by atoms with van der Waals surface area (Å²) in [5.41, 5.74) is 1.31. The second-order valence-corrected chi connectivity index (χ2v) is 9.65. The molecule has 2 aliphatic carbocycles. The van der Waals surface area contributed by atoms with Crippen LogP contribution in [0, 0.1) is 23.2 Å². The average Bonchev–Trinajstić information content (AvgIpc) is 3.05. The summed E-state index contributed by atoms with van der Waals surface area (Å²) < 4.78 is 5.86. The Kier molecular flexibility index (Phi) is 6.68. The Balaban J connectivity index is 1.85. The second-order valence-electron chi connectivity index (χ2n) is 9.65. The number of hydrogen-bond donors (Lipinski definition) is 1. The Morgan fingerprint density at radius 3 is 2.67 bits per heavy atom. The molecule has 6 atom stereocenters. The summed E-state index contributed by atoms with van der Waals surface area (Å²) >= 11 is 0. The van der Waals surface area contributed by atoms with Crippen molar-refractivity contribution in [3.63, 3.8) is 0 Å². The zero-order chi connectivity index (χ0) is 23.6. The van der Waals surface area contributed by atoms with Crippen LogP contribution >= 0.6 is 0 Å². The maximum Gasteiger partial charge on any atom is 0.303 e. The molecule has 3 unspecified atom stereocenters. The third kappa shape index (κ3) is 4.33. The van der Waals surface area contributed by atoms with Crippen molar-refractivity contribution in [3.05, 3.63) is 72.4 Å². The molecule has 1 aromatic carbocycles. The topological polar surface area (TPSA) is 72.5 Å². The molecule has 1 saturated carbocycles. The van der Waals surface area contributed by atoms with Crippen molar-refractivity contribution in [1.82, 2.24) is 5.32 Å². The minimum atomic E-state index is -0.952. The lowest BCUT2D eigenvalue weighted by Gasteiger charge is -2.50. The molecule has 5 nitrogen and oxygen atoms in total. The van der Waals surface area contributed by atoms with Gasteiger partial charge in [0.2, 0.25) is 5.91 Å². The SMILES string of the molecule is C=C1C[C@@H]2/C=C/CCC(=O)C/C=C/[C@@H](OC(C)=O)C23C(=O)NC(Cc2ccccc2)C3[C@@H]1C. The van der Waals surface area contributed by atoms with Crippen LogP contribution < -0.4 is 5.32 Å².